The van der Waals surface area contributed by atoms with Gasteiger partial charge < -0.3 is 5.73 Å². The van der Waals surface area contributed by atoms with E-state index in [0.717, 1.165) is 33.6 Å². The molecule has 0 aliphatic carbocycles. The van der Waals surface area contributed by atoms with E-state index < -0.39 is 0 Å². The SMILES string of the molecule is Cc1nc(CSc2ccccc2Cl)nc(C)c1CCN. The molecule has 1 aromatic carbocycles. The van der Waals surface area contributed by atoms with Gasteiger partial charge in [0.25, 0.3) is 0 Å². The second-order valence-electron chi connectivity index (χ2n) is 4.55. The zero-order chi connectivity index (χ0) is 14.5. The number of nitrogens with two attached hydrogens (primary N) is 1. The molecule has 0 saturated carbocycles. The molecule has 2 N–H and O–H groups in total. The molecule has 0 bridgehead atoms. The normalized spacial score (nSPS) is 10.8. The molecule has 0 spiro atoms. The predicted molar refractivity (Wildman–Crippen MR) is 85.3 cm³/mol. The first-order valence-corrected chi connectivity index (χ1v) is 7.88. The van der Waals surface area contributed by atoms with Gasteiger partial charge >= 0.3 is 0 Å². The zero-order valence-electron chi connectivity index (χ0n) is 11.7. The van der Waals surface area contributed by atoms with E-state index in [9.17, 15) is 0 Å². The Bertz CT molecular complexity index is 578. The van der Waals surface area contributed by atoms with Crippen LogP contribution in [-0.4, -0.2) is 16.5 Å². The Hall–Kier alpha value is -1.10. The third-order valence-electron chi connectivity index (χ3n) is 3.05. The molecule has 1 aromatic heterocycles. The Balaban J connectivity index is 2.13. The van der Waals surface area contributed by atoms with Crippen LogP contribution in [-0.2, 0) is 12.2 Å². The quantitative estimate of drug-likeness (QED) is 0.858. The molecule has 0 atom stereocenters. The average molecular weight is 308 g/mol. The van der Waals surface area contributed by atoms with Crippen LogP contribution in [0.15, 0.2) is 29.2 Å². The molecule has 0 aliphatic heterocycles. The summed E-state index contributed by atoms with van der Waals surface area (Å²) >= 11 is 7.80. The van der Waals surface area contributed by atoms with Gasteiger partial charge in [0.05, 0.1) is 10.8 Å². The van der Waals surface area contributed by atoms with Gasteiger partial charge in [-0.05, 0) is 44.5 Å². The second-order valence-corrected chi connectivity index (χ2v) is 5.97. The molecule has 0 fully saturated rings. The van der Waals surface area contributed by atoms with Crippen LogP contribution < -0.4 is 5.73 Å². The molecular weight excluding hydrogens is 290 g/mol. The van der Waals surface area contributed by atoms with Crippen molar-refractivity contribution >= 4 is 23.4 Å². The van der Waals surface area contributed by atoms with E-state index in [4.69, 9.17) is 17.3 Å². The minimum absolute atomic E-state index is 0.624. The van der Waals surface area contributed by atoms with Crippen molar-refractivity contribution in [1.29, 1.82) is 0 Å². The van der Waals surface area contributed by atoms with Crippen molar-refractivity contribution in [3.63, 3.8) is 0 Å². The molecular formula is C15H18ClN3S. The number of aromatic nitrogens is 2. The largest absolute Gasteiger partial charge is 0.330 e. The van der Waals surface area contributed by atoms with Gasteiger partial charge in [-0.15, -0.1) is 11.8 Å². The lowest BCUT2D eigenvalue weighted by atomic mass is 10.1. The number of rotatable bonds is 5. The van der Waals surface area contributed by atoms with E-state index in [1.165, 1.54) is 5.56 Å². The number of halogens is 1. The molecule has 5 heteroatoms. The maximum atomic E-state index is 6.14. The molecule has 0 amide bonds. The van der Waals surface area contributed by atoms with E-state index >= 15 is 0 Å². The lowest BCUT2D eigenvalue weighted by molar-refractivity contribution is 0.868. The van der Waals surface area contributed by atoms with Crippen LogP contribution in [0.5, 0.6) is 0 Å². The molecule has 0 radical (unpaired) electrons. The summed E-state index contributed by atoms with van der Waals surface area (Å²) in [7, 11) is 0. The van der Waals surface area contributed by atoms with Crippen LogP contribution in [0.3, 0.4) is 0 Å². The number of aryl methyl sites for hydroxylation is 2. The van der Waals surface area contributed by atoms with Crippen LogP contribution in [0, 0.1) is 13.8 Å². The van der Waals surface area contributed by atoms with Gasteiger partial charge in [0, 0.05) is 16.3 Å². The fourth-order valence-electron chi connectivity index (χ4n) is 2.08. The number of thioether (sulfide) groups is 1. The summed E-state index contributed by atoms with van der Waals surface area (Å²) in [5.41, 5.74) is 8.83. The summed E-state index contributed by atoms with van der Waals surface area (Å²) in [5, 5.41) is 0.769. The van der Waals surface area contributed by atoms with Crippen molar-refractivity contribution in [3.8, 4) is 0 Å². The van der Waals surface area contributed by atoms with Gasteiger partial charge in [-0.25, -0.2) is 9.97 Å². The minimum Gasteiger partial charge on any atom is -0.330 e. The number of nitrogens with zero attached hydrogens (tertiary/aromatic N) is 2. The molecule has 1 heterocycles. The molecule has 20 heavy (non-hydrogen) atoms. The maximum Gasteiger partial charge on any atom is 0.139 e. The first-order valence-electron chi connectivity index (χ1n) is 6.52. The van der Waals surface area contributed by atoms with Crippen LogP contribution in [0.4, 0.5) is 0 Å². The molecule has 2 aromatic rings. The number of benzene rings is 1. The minimum atomic E-state index is 0.624. The van der Waals surface area contributed by atoms with E-state index in [1.807, 2.05) is 38.1 Å². The highest BCUT2D eigenvalue weighted by Crippen LogP contribution is 2.28. The summed E-state index contributed by atoms with van der Waals surface area (Å²) in [6.45, 7) is 4.66. The molecule has 0 aliphatic rings. The average Bonchev–Trinajstić information content (AvgIpc) is 2.42. The highest BCUT2D eigenvalue weighted by atomic mass is 35.5. The van der Waals surface area contributed by atoms with E-state index in [2.05, 4.69) is 9.97 Å². The summed E-state index contributed by atoms with van der Waals surface area (Å²) in [6.07, 6.45) is 0.829. The highest BCUT2D eigenvalue weighted by Gasteiger charge is 2.09. The third kappa shape index (κ3) is 3.72. The lowest BCUT2D eigenvalue weighted by Gasteiger charge is -2.10. The zero-order valence-corrected chi connectivity index (χ0v) is 13.3. The lowest BCUT2D eigenvalue weighted by Crippen LogP contribution is -2.10. The molecule has 0 saturated heterocycles. The van der Waals surface area contributed by atoms with Crippen molar-refractivity contribution in [2.75, 3.05) is 6.54 Å². The summed E-state index contributed by atoms with van der Waals surface area (Å²) < 4.78 is 0. The van der Waals surface area contributed by atoms with Crippen molar-refractivity contribution in [2.45, 2.75) is 30.9 Å². The Morgan fingerprint density at radius 1 is 1.15 bits per heavy atom. The maximum absolute atomic E-state index is 6.14. The Kier molecular flexibility index (Phi) is 5.40. The van der Waals surface area contributed by atoms with Gasteiger partial charge in [0.1, 0.15) is 5.82 Å². The molecule has 106 valence electrons. The molecule has 0 unspecified atom stereocenters. The van der Waals surface area contributed by atoms with Gasteiger partial charge in [-0.3, -0.25) is 0 Å². The van der Waals surface area contributed by atoms with Gasteiger partial charge in [-0.2, -0.15) is 0 Å². The first kappa shape index (κ1) is 15.3. The van der Waals surface area contributed by atoms with Gasteiger partial charge in [0.2, 0.25) is 0 Å². The van der Waals surface area contributed by atoms with Gasteiger partial charge in [-0.1, -0.05) is 23.7 Å². The van der Waals surface area contributed by atoms with Crippen LogP contribution in [0.1, 0.15) is 22.8 Å². The van der Waals surface area contributed by atoms with Crippen LogP contribution in [0.25, 0.3) is 0 Å². The Morgan fingerprint density at radius 2 is 1.80 bits per heavy atom. The second kappa shape index (κ2) is 7.07. The smallest absolute Gasteiger partial charge is 0.139 e. The summed E-state index contributed by atoms with van der Waals surface area (Å²) in [4.78, 5) is 10.2. The Labute approximate surface area is 129 Å². The fourth-order valence-corrected chi connectivity index (χ4v) is 3.18. The topological polar surface area (TPSA) is 51.8 Å². The van der Waals surface area contributed by atoms with E-state index in [0.29, 0.717) is 12.3 Å². The highest BCUT2D eigenvalue weighted by molar-refractivity contribution is 7.98. The monoisotopic (exact) mass is 307 g/mol. The van der Waals surface area contributed by atoms with Crippen molar-refractivity contribution in [3.05, 3.63) is 52.1 Å². The number of hydrogen-bond acceptors (Lipinski definition) is 4. The summed E-state index contributed by atoms with van der Waals surface area (Å²) in [5.74, 6) is 1.56. The number of hydrogen-bond donors (Lipinski definition) is 1. The standard InChI is InChI=1S/C15H18ClN3S/c1-10-12(7-8-17)11(2)19-15(18-10)9-20-14-6-4-3-5-13(14)16/h3-6H,7-9,17H2,1-2H3. The fraction of sp³-hybridized carbons (Fsp3) is 0.333. The van der Waals surface area contributed by atoms with Crippen LogP contribution in [0.2, 0.25) is 5.02 Å². The van der Waals surface area contributed by atoms with Crippen LogP contribution >= 0.6 is 23.4 Å². The third-order valence-corrected chi connectivity index (χ3v) is 4.57. The first-order chi connectivity index (χ1) is 9.61. The Morgan fingerprint density at radius 3 is 2.40 bits per heavy atom. The van der Waals surface area contributed by atoms with Crippen molar-refractivity contribution in [2.24, 2.45) is 5.73 Å². The predicted octanol–water partition coefficient (Wildman–Crippen LogP) is 3.54. The van der Waals surface area contributed by atoms with Crippen molar-refractivity contribution in [1.82, 2.24) is 9.97 Å². The van der Waals surface area contributed by atoms with E-state index in [1.54, 1.807) is 11.8 Å². The molecule has 3 nitrogen and oxygen atoms in total. The van der Waals surface area contributed by atoms with Gasteiger partial charge in [0.15, 0.2) is 0 Å². The molecule has 2 rings (SSSR count). The van der Waals surface area contributed by atoms with E-state index in [-0.39, 0.29) is 0 Å². The summed E-state index contributed by atoms with van der Waals surface area (Å²) in [6, 6.07) is 7.82. The van der Waals surface area contributed by atoms with Crippen molar-refractivity contribution < 1.29 is 0 Å².